The van der Waals surface area contributed by atoms with Crippen LogP contribution in [0, 0.1) is 0 Å². The summed E-state index contributed by atoms with van der Waals surface area (Å²) in [5.74, 6) is -0.164. The van der Waals surface area contributed by atoms with Crippen molar-refractivity contribution in [3.05, 3.63) is 12.2 Å². The summed E-state index contributed by atoms with van der Waals surface area (Å²) in [6.45, 7) is 4.75. The van der Waals surface area contributed by atoms with Crippen LogP contribution in [0.5, 0.6) is 0 Å². The number of amides is 1. The molecular weight excluding hydrogens is 792 g/mol. The molecule has 0 aliphatic rings. The van der Waals surface area contributed by atoms with E-state index in [9.17, 15) is 19.4 Å². The molecule has 9 heteroatoms. The summed E-state index contributed by atoms with van der Waals surface area (Å²) in [6, 6.07) is -0.799. The van der Waals surface area contributed by atoms with Crippen LogP contribution in [0.15, 0.2) is 12.2 Å². The molecule has 0 aliphatic heterocycles. The molecule has 8 nitrogen and oxygen atoms in total. The van der Waals surface area contributed by atoms with E-state index in [1.54, 1.807) is 0 Å². The Hall–Kier alpha value is -0.760. The predicted octanol–water partition coefficient (Wildman–Crippen LogP) is 15.2. The lowest BCUT2D eigenvalue weighted by molar-refractivity contribution is -0.870. The van der Waals surface area contributed by atoms with Crippen molar-refractivity contribution in [2.24, 2.45) is 0 Å². The van der Waals surface area contributed by atoms with Gasteiger partial charge >= 0.3 is 0 Å². The smallest absolute Gasteiger partial charge is 0.268 e. The fraction of sp³-hybridized carbons (Fsp3) is 0.943. The minimum atomic E-state index is -4.57. The third-order valence-electron chi connectivity index (χ3n) is 12.5. The summed E-state index contributed by atoms with van der Waals surface area (Å²) in [5.41, 5.74) is 0. The van der Waals surface area contributed by atoms with Crippen LogP contribution in [-0.4, -0.2) is 68.5 Å². The van der Waals surface area contributed by atoms with E-state index in [2.05, 4.69) is 31.3 Å². The Morgan fingerprint density at radius 2 is 0.887 bits per heavy atom. The van der Waals surface area contributed by atoms with E-state index in [4.69, 9.17) is 9.05 Å². The molecule has 2 N–H and O–H groups in total. The third kappa shape index (κ3) is 47.2. The number of aliphatic hydroxyl groups is 1. The molecule has 0 bridgehead atoms. The lowest BCUT2D eigenvalue weighted by Gasteiger charge is -2.30. The van der Waals surface area contributed by atoms with Gasteiger partial charge in [-0.25, -0.2) is 0 Å². The molecule has 62 heavy (non-hydrogen) atoms. The average Bonchev–Trinajstić information content (AvgIpc) is 3.23. The van der Waals surface area contributed by atoms with Gasteiger partial charge in [0, 0.05) is 6.42 Å². The molecule has 3 unspecified atom stereocenters. The summed E-state index contributed by atoms with van der Waals surface area (Å²) in [4.78, 5) is 25.5. The standard InChI is InChI=1S/C53H107N2O6P/c1-6-8-10-12-14-16-18-20-22-24-25-26-27-28-29-30-31-33-35-37-39-41-43-45-47-53(57)54-51(50-61-62(58,59)60-49-48-55(3,4)5)52(56)46-44-42-40-38-36-34-32-23-21-19-17-15-13-11-9-7-2/h28-29,51-52,56H,6-27,30-50H2,1-5H3,(H-,54,57,58,59)/b29-28-. The van der Waals surface area contributed by atoms with Crippen LogP contribution in [0.25, 0.3) is 0 Å². The first-order valence-corrected chi connectivity index (χ1v) is 28.5. The number of quaternary nitrogens is 1. The zero-order valence-electron chi connectivity index (χ0n) is 42.1. The van der Waals surface area contributed by atoms with E-state index >= 15 is 0 Å². The zero-order chi connectivity index (χ0) is 45.7. The molecule has 0 saturated heterocycles. The largest absolute Gasteiger partial charge is 0.756 e. The van der Waals surface area contributed by atoms with E-state index in [0.29, 0.717) is 23.9 Å². The van der Waals surface area contributed by atoms with E-state index in [-0.39, 0.29) is 19.1 Å². The Bertz CT molecular complexity index is 1020. The fourth-order valence-corrected chi connectivity index (χ4v) is 8.94. The van der Waals surface area contributed by atoms with Gasteiger partial charge in [-0.15, -0.1) is 0 Å². The molecule has 0 heterocycles. The first kappa shape index (κ1) is 61.2. The second-order valence-electron chi connectivity index (χ2n) is 19.9. The highest BCUT2D eigenvalue weighted by molar-refractivity contribution is 7.45. The normalized spacial score (nSPS) is 14.1. The molecule has 0 aliphatic carbocycles. The number of hydrogen-bond donors (Lipinski definition) is 2. The minimum Gasteiger partial charge on any atom is -0.756 e. The van der Waals surface area contributed by atoms with E-state index in [1.165, 1.54) is 205 Å². The van der Waals surface area contributed by atoms with Gasteiger partial charge in [-0.3, -0.25) is 9.36 Å². The van der Waals surface area contributed by atoms with Crippen LogP contribution < -0.4 is 10.2 Å². The molecule has 0 fully saturated rings. The van der Waals surface area contributed by atoms with Crippen molar-refractivity contribution in [3.63, 3.8) is 0 Å². The highest BCUT2D eigenvalue weighted by atomic mass is 31.2. The van der Waals surface area contributed by atoms with Crippen molar-refractivity contribution in [1.82, 2.24) is 5.32 Å². The van der Waals surface area contributed by atoms with E-state index in [1.807, 2.05) is 21.1 Å². The fourth-order valence-electron chi connectivity index (χ4n) is 8.21. The van der Waals surface area contributed by atoms with Crippen molar-refractivity contribution in [3.8, 4) is 0 Å². The molecule has 0 saturated carbocycles. The number of aliphatic hydroxyl groups excluding tert-OH is 1. The summed E-state index contributed by atoms with van der Waals surface area (Å²) in [7, 11) is 1.31. The molecule has 1 amide bonds. The van der Waals surface area contributed by atoms with Gasteiger partial charge in [0.1, 0.15) is 13.2 Å². The van der Waals surface area contributed by atoms with E-state index < -0.39 is 20.0 Å². The number of rotatable bonds is 50. The first-order valence-electron chi connectivity index (χ1n) is 27.0. The number of nitrogens with one attached hydrogen (secondary N) is 1. The van der Waals surface area contributed by atoms with Crippen LogP contribution in [-0.2, 0) is 18.4 Å². The quantitative estimate of drug-likeness (QED) is 0.0272. The summed E-state index contributed by atoms with van der Waals surface area (Å²) in [6.07, 6.45) is 53.7. The Kier molecular flexibility index (Phi) is 44.8. The second-order valence-corrected chi connectivity index (χ2v) is 21.4. The van der Waals surface area contributed by atoms with Gasteiger partial charge in [0.05, 0.1) is 39.9 Å². The molecule has 0 radical (unpaired) electrons. The third-order valence-corrected chi connectivity index (χ3v) is 13.5. The monoisotopic (exact) mass is 899 g/mol. The minimum absolute atomic E-state index is 0.0138. The van der Waals surface area contributed by atoms with E-state index in [0.717, 1.165) is 38.5 Å². The van der Waals surface area contributed by atoms with Gasteiger partial charge in [-0.1, -0.05) is 238 Å². The second kappa shape index (κ2) is 45.4. The molecule has 370 valence electrons. The van der Waals surface area contributed by atoms with Gasteiger partial charge < -0.3 is 28.8 Å². The highest BCUT2D eigenvalue weighted by Crippen LogP contribution is 2.38. The maximum Gasteiger partial charge on any atom is 0.268 e. The Balaban J connectivity index is 4.17. The molecule has 0 spiro atoms. The van der Waals surface area contributed by atoms with Crippen molar-refractivity contribution >= 4 is 13.7 Å². The van der Waals surface area contributed by atoms with Crippen molar-refractivity contribution < 1.29 is 32.9 Å². The molecule has 0 rings (SSSR count). The number of nitrogens with zero attached hydrogens (tertiary/aromatic N) is 1. The molecule has 0 aromatic rings. The van der Waals surface area contributed by atoms with Crippen LogP contribution in [0.3, 0.4) is 0 Å². The Morgan fingerprint density at radius 1 is 0.548 bits per heavy atom. The highest BCUT2D eigenvalue weighted by Gasteiger charge is 2.24. The Labute approximate surface area is 386 Å². The summed E-state index contributed by atoms with van der Waals surface area (Å²) >= 11 is 0. The molecule has 0 aromatic heterocycles. The van der Waals surface area contributed by atoms with Gasteiger partial charge in [0.2, 0.25) is 5.91 Å². The Morgan fingerprint density at radius 3 is 1.26 bits per heavy atom. The maximum absolute atomic E-state index is 12.9. The number of hydrogen-bond acceptors (Lipinski definition) is 6. The average molecular weight is 899 g/mol. The number of likely N-dealkylation sites (N-methyl/N-ethyl adjacent to an activating group) is 1. The topological polar surface area (TPSA) is 108 Å². The van der Waals surface area contributed by atoms with Crippen molar-refractivity contribution in [2.75, 3.05) is 40.9 Å². The number of phosphoric ester groups is 1. The van der Waals surface area contributed by atoms with Crippen molar-refractivity contribution in [1.29, 1.82) is 0 Å². The first-order chi connectivity index (χ1) is 30.0. The predicted molar refractivity (Wildman–Crippen MR) is 266 cm³/mol. The van der Waals surface area contributed by atoms with Crippen LogP contribution in [0.1, 0.15) is 271 Å². The number of unbranched alkanes of at least 4 members (excludes halogenated alkanes) is 35. The van der Waals surface area contributed by atoms with Gasteiger partial charge in [0.15, 0.2) is 0 Å². The van der Waals surface area contributed by atoms with Gasteiger partial charge in [-0.05, 0) is 38.5 Å². The lowest BCUT2D eigenvalue weighted by atomic mass is 10.0. The maximum atomic E-state index is 12.9. The molecule has 3 atom stereocenters. The van der Waals surface area contributed by atoms with Gasteiger partial charge in [0.25, 0.3) is 7.82 Å². The number of carbonyl (C=O) groups excluding carboxylic acids is 1. The molecule has 0 aromatic carbocycles. The summed E-state index contributed by atoms with van der Waals surface area (Å²) < 4.78 is 23.4. The molecular formula is C53H107N2O6P. The number of allylic oxidation sites excluding steroid dienone is 2. The van der Waals surface area contributed by atoms with Crippen LogP contribution >= 0.6 is 7.82 Å². The van der Waals surface area contributed by atoms with Gasteiger partial charge in [-0.2, -0.15) is 0 Å². The number of carbonyl (C=O) groups is 1. The number of phosphoric acid groups is 1. The van der Waals surface area contributed by atoms with Crippen molar-refractivity contribution in [2.45, 2.75) is 283 Å². The summed E-state index contributed by atoms with van der Waals surface area (Å²) in [5, 5.41) is 14.0. The SMILES string of the molecule is CCCCCCCCCCCCCC/C=C\CCCCCCCCCCC(=O)NC(COP(=O)([O-])OCC[N+](C)(C)C)C(O)CCCCCCCCCCCCCCCCCC. The lowest BCUT2D eigenvalue weighted by Crippen LogP contribution is -2.46. The van der Waals surface area contributed by atoms with Crippen LogP contribution in [0.4, 0.5) is 0 Å². The zero-order valence-corrected chi connectivity index (χ0v) is 43.0. The van der Waals surface area contributed by atoms with Crippen LogP contribution in [0.2, 0.25) is 0 Å².